The van der Waals surface area contributed by atoms with Crippen molar-refractivity contribution in [3.63, 3.8) is 0 Å². The molecule has 1 aromatic carbocycles. The number of rotatable bonds is 3. The number of fused-ring (bicyclic) bond motifs is 3. The summed E-state index contributed by atoms with van der Waals surface area (Å²) >= 11 is 0. The summed E-state index contributed by atoms with van der Waals surface area (Å²) in [5.74, 6) is 1.71. The predicted molar refractivity (Wildman–Crippen MR) is 134 cm³/mol. The molecule has 3 fully saturated rings. The molecule has 5 nitrogen and oxygen atoms in total. The number of aromatic nitrogens is 1. The summed E-state index contributed by atoms with van der Waals surface area (Å²) in [6, 6.07) is 4.22. The third-order valence-electron chi connectivity index (χ3n) is 9.47. The van der Waals surface area contributed by atoms with E-state index in [2.05, 4.69) is 35.9 Å². The van der Waals surface area contributed by atoms with Gasteiger partial charge < -0.3 is 14.5 Å². The van der Waals surface area contributed by atoms with Crippen molar-refractivity contribution in [3.8, 4) is 5.75 Å². The Morgan fingerprint density at radius 1 is 1.09 bits per heavy atom. The summed E-state index contributed by atoms with van der Waals surface area (Å²) in [6.45, 7) is 8.50. The van der Waals surface area contributed by atoms with Gasteiger partial charge in [-0.25, -0.2) is 4.79 Å². The molecule has 1 aromatic heterocycles. The van der Waals surface area contributed by atoms with Gasteiger partial charge in [-0.15, -0.1) is 0 Å². The molecule has 1 N–H and O–H groups in total. The van der Waals surface area contributed by atoms with Gasteiger partial charge in [-0.3, -0.25) is 4.90 Å². The van der Waals surface area contributed by atoms with Gasteiger partial charge in [0.15, 0.2) is 5.72 Å². The molecule has 34 heavy (non-hydrogen) atoms. The number of aromatic amines is 1. The van der Waals surface area contributed by atoms with Crippen molar-refractivity contribution in [2.75, 3.05) is 13.1 Å². The van der Waals surface area contributed by atoms with Crippen molar-refractivity contribution in [2.45, 2.75) is 103 Å². The molecule has 1 spiro atoms. The predicted octanol–water partition coefficient (Wildman–Crippen LogP) is 6.52. The van der Waals surface area contributed by atoms with Crippen LogP contribution in [0.2, 0.25) is 0 Å². The maximum atomic E-state index is 13.7. The number of benzene rings is 1. The molecule has 4 heterocycles. The van der Waals surface area contributed by atoms with Crippen LogP contribution in [-0.4, -0.2) is 40.3 Å². The second-order valence-electron chi connectivity index (χ2n) is 11.9. The molecule has 4 aliphatic rings. The Morgan fingerprint density at radius 2 is 1.88 bits per heavy atom. The first-order chi connectivity index (χ1) is 16.4. The standard InChI is InChI=1S/C29H40N2O3/c1-19-25(27(32)34-28(2,3)20-10-5-4-6-11-20)26-22-18-21-12-9-17-31-16-8-7-15-29(21,31)33-24(22)14-13-23(26)30-19/h13-14,20-21,30H,4-12,15-18H2,1-3H3. The Balaban J connectivity index is 1.37. The zero-order chi connectivity index (χ0) is 23.5. The summed E-state index contributed by atoms with van der Waals surface area (Å²) in [5, 5.41) is 1.03. The SMILES string of the molecule is Cc1[nH]c2ccc3c(c2c1C(=O)OC(C)(C)C1CCCCC1)CC1CCCN2CCCCC12O3. The third kappa shape index (κ3) is 3.49. The van der Waals surface area contributed by atoms with Crippen molar-refractivity contribution in [1.82, 2.24) is 9.88 Å². The Labute approximate surface area is 203 Å². The molecule has 184 valence electrons. The number of carbonyl (C=O) groups excluding carboxylic acids is 1. The number of ether oxygens (including phenoxy) is 2. The highest BCUT2D eigenvalue weighted by Crippen LogP contribution is 2.50. The topological polar surface area (TPSA) is 54.6 Å². The van der Waals surface area contributed by atoms with Crippen molar-refractivity contribution < 1.29 is 14.3 Å². The van der Waals surface area contributed by atoms with Crippen LogP contribution in [0.4, 0.5) is 0 Å². The van der Waals surface area contributed by atoms with Crippen LogP contribution in [0.25, 0.3) is 10.9 Å². The van der Waals surface area contributed by atoms with Gasteiger partial charge >= 0.3 is 5.97 Å². The molecule has 0 bridgehead atoms. The van der Waals surface area contributed by atoms with Crippen LogP contribution in [-0.2, 0) is 11.2 Å². The summed E-state index contributed by atoms with van der Waals surface area (Å²) in [6.07, 6.45) is 13.1. The lowest BCUT2D eigenvalue weighted by Gasteiger charge is -2.56. The maximum Gasteiger partial charge on any atom is 0.341 e. The first-order valence-corrected chi connectivity index (χ1v) is 13.7. The molecule has 2 aromatic rings. The van der Waals surface area contributed by atoms with E-state index in [4.69, 9.17) is 9.47 Å². The van der Waals surface area contributed by atoms with Crippen LogP contribution in [0.15, 0.2) is 12.1 Å². The van der Waals surface area contributed by atoms with Crippen LogP contribution in [0.5, 0.6) is 5.75 Å². The number of nitrogens with one attached hydrogen (secondary N) is 1. The number of aryl methyl sites for hydroxylation is 1. The number of esters is 1. The fraction of sp³-hybridized carbons (Fsp3) is 0.690. The van der Waals surface area contributed by atoms with E-state index in [1.54, 1.807) is 0 Å². The van der Waals surface area contributed by atoms with Crippen molar-refractivity contribution in [1.29, 1.82) is 0 Å². The van der Waals surface area contributed by atoms with Crippen LogP contribution < -0.4 is 4.74 Å². The molecular weight excluding hydrogens is 424 g/mol. The molecule has 2 saturated heterocycles. The maximum absolute atomic E-state index is 13.7. The first-order valence-electron chi connectivity index (χ1n) is 13.7. The Morgan fingerprint density at radius 3 is 2.71 bits per heavy atom. The lowest BCUT2D eigenvalue weighted by molar-refractivity contribution is -0.177. The molecule has 6 rings (SSSR count). The largest absolute Gasteiger partial charge is 0.472 e. The van der Waals surface area contributed by atoms with Gasteiger partial charge in [0.2, 0.25) is 0 Å². The first kappa shape index (κ1) is 22.5. The minimum atomic E-state index is -0.449. The number of nitrogens with zero attached hydrogens (tertiary/aromatic N) is 1. The average Bonchev–Trinajstić information content (AvgIpc) is 3.18. The molecule has 2 atom stereocenters. The molecule has 0 radical (unpaired) electrons. The molecule has 3 aliphatic heterocycles. The minimum Gasteiger partial charge on any atom is -0.472 e. The van der Waals surface area contributed by atoms with Gasteiger partial charge in [0.05, 0.1) is 5.56 Å². The summed E-state index contributed by atoms with van der Waals surface area (Å²) in [4.78, 5) is 19.8. The number of carbonyl (C=O) groups is 1. The summed E-state index contributed by atoms with van der Waals surface area (Å²) in [5.41, 5.74) is 3.24. The summed E-state index contributed by atoms with van der Waals surface area (Å²) < 4.78 is 13.2. The zero-order valence-electron chi connectivity index (χ0n) is 21.2. The minimum absolute atomic E-state index is 0.147. The van der Waals surface area contributed by atoms with Gasteiger partial charge in [0.1, 0.15) is 11.4 Å². The normalized spacial score (nSPS) is 28.0. The molecule has 1 aliphatic carbocycles. The van der Waals surface area contributed by atoms with E-state index in [1.165, 1.54) is 50.5 Å². The average molecular weight is 465 g/mol. The number of H-pyrrole nitrogens is 1. The molecule has 2 unspecified atom stereocenters. The monoisotopic (exact) mass is 464 g/mol. The van der Waals surface area contributed by atoms with E-state index >= 15 is 0 Å². The fourth-order valence-electron chi connectivity index (χ4n) is 7.64. The number of piperidine rings is 2. The van der Waals surface area contributed by atoms with Gasteiger partial charge in [-0.05, 0) is 83.8 Å². The lowest BCUT2D eigenvalue weighted by atomic mass is 9.74. The van der Waals surface area contributed by atoms with Crippen LogP contribution in [0.3, 0.4) is 0 Å². The smallest absolute Gasteiger partial charge is 0.341 e. The molecular formula is C29H40N2O3. The Hall–Kier alpha value is -2.01. The van der Waals surface area contributed by atoms with Gasteiger partial charge in [-0.2, -0.15) is 0 Å². The Bertz CT molecular complexity index is 1090. The number of hydrogen-bond donors (Lipinski definition) is 1. The van der Waals surface area contributed by atoms with E-state index in [0.717, 1.165) is 61.1 Å². The summed E-state index contributed by atoms with van der Waals surface area (Å²) in [7, 11) is 0. The number of hydrogen-bond acceptors (Lipinski definition) is 4. The molecule has 1 saturated carbocycles. The van der Waals surface area contributed by atoms with Gasteiger partial charge in [0.25, 0.3) is 0 Å². The van der Waals surface area contributed by atoms with E-state index < -0.39 is 5.60 Å². The third-order valence-corrected chi connectivity index (χ3v) is 9.47. The van der Waals surface area contributed by atoms with E-state index in [1.807, 2.05) is 6.92 Å². The molecule has 0 amide bonds. The van der Waals surface area contributed by atoms with Crippen molar-refractivity contribution in [2.24, 2.45) is 11.8 Å². The Kier molecular flexibility index (Phi) is 5.47. The van der Waals surface area contributed by atoms with Gasteiger partial charge in [-0.1, -0.05) is 19.3 Å². The van der Waals surface area contributed by atoms with Gasteiger partial charge in [0, 0.05) is 47.6 Å². The second kappa shape index (κ2) is 8.29. The van der Waals surface area contributed by atoms with E-state index in [0.29, 0.717) is 17.4 Å². The zero-order valence-corrected chi connectivity index (χ0v) is 21.2. The van der Waals surface area contributed by atoms with Crippen LogP contribution in [0, 0.1) is 18.8 Å². The lowest BCUT2D eigenvalue weighted by Crippen LogP contribution is -2.64. The fourth-order valence-corrected chi connectivity index (χ4v) is 7.64. The van der Waals surface area contributed by atoms with E-state index in [9.17, 15) is 4.79 Å². The van der Waals surface area contributed by atoms with Crippen molar-refractivity contribution in [3.05, 3.63) is 29.0 Å². The highest BCUT2D eigenvalue weighted by molar-refractivity contribution is 6.07. The highest BCUT2D eigenvalue weighted by atomic mass is 16.6. The quantitative estimate of drug-likeness (QED) is 0.526. The highest BCUT2D eigenvalue weighted by Gasteiger charge is 2.52. The van der Waals surface area contributed by atoms with Crippen LogP contribution in [0.1, 0.15) is 99.7 Å². The van der Waals surface area contributed by atoms with Crippen molar-refractivity contribution >= 4 is 16.9 Å². The molecule has 5 heteroatoms. The van der Waals surface area contributed by atoms with Crippen LogP contribution >= 0.6 is 0 Å². The van der Waals surface area contributed by atoms with E-state index in [-0.39, 0.29) is 11.7 Å². The second-order valence-corrected chi connectivity index (χ2v) is 11.9.